The molecule has 2 fully saturated rings. The largest absolute Gasteiger partial charge is 0.462 e. The number of ether oxygens (including phenoxy) is 2. The lowest BCUT2D eigenvalue weighted by molar-refractivity contribution is -0.189. The molecule has 0 N–H and O–H groups in total. The summed E-state index contributed by atoms with van der Waals surface area (Å²) in [7, 11) is 0. The SMILES string of the molecule is CC(=O)O[C@H]1CC[C@@H]2C(=CC[C@]3(C)C4=CC[C@H]([C@H](C)CCCC(C)C)[C@@]4(C)C[C@H](OC(C)=O)[C@@]23C)C1(C)C. The number of hydrogen-bond acceptors (Lipinski definition) is 4. The molecule has 2 saturated carbocycles. The zero-order chi connectivity index (χ0) is 28.3. The molecule has 0 radical (unpaired) electrons. The predicted molar refractivity (Wildman–Crippen MR) is 153 cm³/mol. The van der Waals surface area contributed by atoms with Crippen LogP contribution in [0.3, 0.4) is 0 Å². The number of carbonyl (C=O) groups excluding carboxylic acids is 2. The minimum Gasteiger partial charge on any atom is -0.462 e. The second-order valence-corrected chi connectivity index (χ2v) is 14.9. The molecule has 38 heavy (non-hydrogen) atoms. The first-order chi connectivity index (χ1) is 17.6. The molecular formula is C34H54O4. The fraction of sp³-hybridized carbons (Fsp3) is 0.824. The average Bonchev–Trinajstić information content (AvgIpc) is 3.14. The van der Waals surface area contributed by atoms with Gasteiger partial charge in [-0.3, -0.25) is 9.59 Å². The van der Waals surface area contributed by atoms with Gasteiger partial charge >= 0.3 is 11.9 Å². The summed E-state index contributed by atoms with van der Waals surface area (Å²) < 4.78 is 12.2. The van der Waals surface area contributed by atoms with Crippen LogP contribution in [-0.4, -0.2) is 24.1 Å². The predicted octanol–water partition coefficient (Wildman–Crippen LogP) is 8.45. The van der Waals surface area contributed by atoms with Gasteiger partial charge in [-0.2, -0.15) is 0 Å². The van der Waals surface area contributed by atoms with Gasteiger partial charge in [0, 0.05) is 30.1 Å². The molecule has 4 aliphatic rings. The molecule has 0 amide bonds. The molecule has 214 valence electrons. The highest BCUT2D eigenvalue weighted by Crippen LogP contribution is 2.73. The van der Waals surface area contributed by atoms with Crippen molar-refractivity contribution >= 4 is 11.9 Å². The summed E-state index contributed by atoms with van der Waals surface area (Å²) in [5, 5.41) is 0. The Bertz CT molecular complexity index is 1000. The van der Waals surface area contributed by atoms with Crippen molar-refractivity contribution < 1.29 is 19.1 Å². The molecule has 4 rings (SSSR count). The van der Waals surface area contributed by atoms with Crippen LogP contribution >= 0.6 is 0 Å². The summed E-state index contributed by atoms with van der Waals surface area (Å²) in [5.74, 6) is 1.90. The molecule has 0 unspecified atom stereocenters. The second-order valence-electron chi connectivity index (χ2n) is 14.9. The molecule has 0 aliphatic heterocycles. The van der Waals surface area contributed by atoms with Crippen molar-refractivity contribution in [1.82, 2.24) is 0 Å². The van der Waals surface area contributed by atoms with Crippen molar-refractivity contribution in [2.24, 2.45) is 45.3 Å². The van der Waals surface area contributed by atoms with Crippen LogP contribution in [0.1, 0.15) is 121 Å². The third kappa shape index (κ3) is 4.50. The van der Waals surface area contributed by atoms with Crippen LogP contribution in [0.15, 0.2) is 23.3 Å². The quantitative estimate of drug-likeness (QED) is 0.247. The van der Waals surface area contributed by atoms with Gasteiger partial charge in [0.15, 0.2) is 0 Å². The number of esters is 2. The first-order valence-corrected chi connectivity index (χ1v) is 15.3. The molecule has 8 atom stereocenters. The second kappa shape index (κ2) is 10.1. The summed E-state index contributed by atoms with van der Waals surface area (Å²) in [6, 6.07) is 0. The van der Waals surface area contributed by atoms with Crippen LogP contribution in [0, 0.1) is 45.3 Å². The van der Waals surface area contributed by atoms with Gasteiger partial charge in [-0.1, -0.05) is 98.0 Å². The van der Waals surface area contributed by atoms with Crippen molar-refractivity contribution in [3.63, 3.8) is 0 Å². The number of fused-ring (bicyclic) bond motifs is 5. The van der Waals surface area contributed by atoms with Crippen molar-refractivity contribution in [1.29, 1.82) is 0 Å². The molecule has 0 saturated heterocycles. The van der Waals surface area contributed by atoms with Crippen molar-refractivity contribution in [2.45, 2.75) is 133 Å². The van der Waals surface area contributed by atoms with Crippen molar-refractivity contribution in [3.05, 3.63) is 23.3 Å². The summed E-state index contributed by atoms with van der Waals surface area (Å²) in [6.07, 6.45) is 13.5. The van der Waals surface area contributed by atoms with Crippen LogP contribution in [0.4, 0.5) is 0 Å². The van der Waals surface area contributed by atoms with E-state index in [0.29, 0.717) is 17.8 Å². The summed E-state index contributed by atoms with van der Waals surface area (Å²) in [4.78, 5) is 24.5. The van der Waals surface area contributed by atoms with Gasteiger partial charge in [0.2, 0.25) is 0 Å². The zero-order valence-electron chi connectivity index (χ0n) is 25.9. The lowest BCUT2D eigenvalue weighted by Gasteiger charge is -2.67. The van der Waals surface area contributed by atoms with Crippen LogP contribution in [0.25, 0.3) is 0 Å². The Morgan fingerprint density at radius 1 is 0.921 bits per heavy atom. The van der Waals surface area contributed by atoms with Gasteiger partial charge in [0.25, 0.3) is 0 Å². The molecule has 4 aliphatic carbocycles. The first-order valence-electron chi connectivity index (χ1n) is 15.3. The van der Waals surface area contributed by atoms with E-state index in [1.807, 2.05) is 0 Å². The van der Waals surface area contributed by atoms with E-state index in [0.717, 1.165) is 38.0 Å². The smallest absolute Gasteiger partial charge is 0.302 e. The van der Waals surface area contributed by atoms with Gasteiger partial charge in [-0.25, -0.2) is 0 Å². The molecule has 0 heterocycles. The van der Waals surface area contributed by atoms with Crippen molar-refractivity contribution in [2.75, 3.05) is 0 Å². The van der Waals surface area contributed by atoms with Gasteiger partial charge in [-0.15, -0.1) is 0 Å². The Kier molecular flexibility index (Phi) is 7.82. The Morgan fingerprint density at radius 3 is 2.16 bits per heavy atom. The Morgan fingerprint density at radius 2 is 1.55 bits per heavy atom. The maximum Gasteiger partial charge on any atom is 0.302 e. The Labute approximate surface area is 232 Å². The van der Waals surface area contributed by atoms with Crippen molar-refractivity contribution in [3.8, 4) is 0 Å². The summed E-state index contributed by atoms with van der Waals surface area (Å²) in [5.41, 5.74) is 2.53. The van der Waals surface area contributed by atoms with Gasteiger partial charge in [0.05, 0.1) is 0 Å². The van der Waals surface area contributed by atoms with E-state index in [4.69, 9.17) is 9.47 Å². The van der Waals surface area contributed by atoms with Gasteiger partial charge < -0.3 is 9.47 Å². The number of hydrogen-bond donors (Lipinski definition) is 0. The average molecular weight is 527 g/mol. The molecule has 0 aromatic carbocycles. The molecule has 4 heteroatoms. The maximum atomic E-state index is 12.6. The lowest BCUT2D eigenvalue weighted by atomic mass is 9.38. The minimum absolute atomic E-state index is 0.0431. The van der Waals surface area contributed by atoms with E-state index in [9.17, 15) is 9.59 Å². The Balaban J connectivity index is 1.74. The van der Waals surface area contributed by atoms with Crippen LogP contribution < -0.4 is 0 Å². The van der Waals surface area contributed by atoms with E-state index in [2.05, 4.69) is 67.5 Å². The van der Waals surface area contributed by atoms with Gasteiger partial charge in [0.1, 0.15) is 12.2 Å². The highest BCUT2D eigenvalue weighted by Gasteiger charge is 2.69. The normalized spacial score (nSPS) is 40.3. The van der Waals surface area contributed by atoms with E-state index >= 15 is 0 Å². The molecule has 0 spiro atoms. The monoisotopic (exact) mass is 526 g/mol. The topological polar surface area (TPSA) is 52.6 Å². The number of rotatable bonds is 7. The molecular weight excluding hydrogens is 472 g/mol. The summed E-state index contributed by atoms with van der Waals surface area (Å²) in [6.45, 7) is 22.0. The minimum atomic E-state index is -0.238. The highest BCUT2D eigenvalue weighted by atomic mass is 16.5. The fourth-order valence-electron chi connectivity index (χ4n) is 9.73. The van der Waals surface area contributed by atoms with Crippen LogP contribution in [-0.2, 0) is 19.1 Å². The lowest BCUT2D eigenvalue weighted by Crippen LogP contribution is -2.64. The van der Waals surface area contributed by atoms with E-state index in [1.165, 1.54) is 31.8 Å². The zero-order valence-corrected chi connectivity index (χ0v) is 25.9. The fourth-order valence-corrected chi connectivity index (χ4v) is 9.73. The number of carbonyl (C=O) groups is 2. The Hall–Kier alpha value is -1.58. The van der Waals surface area contributed by atoms with Crippen LogP contribution in [0.2, 0.25) is 0 Å². The van der Waals surface area contributed by atoms with E-state index in [-0.39, 0.29) is 45.8 Å². The molecule has 0 aromatic rings. The number of allylic oxidation sites excluding steroid dienone is 3. The highest BCUT2D eigenvalue weighted by molar-refractivity contribution is 5.67. The maximum absolute atomic E-state index is 12.6. The molecule has 0 bridgehead atoms. The summed E-state index contributed by atoms with van der Waals surface area (Å²) >= 11 is 0. The molecule has 4 nitrogen and oxygen atoms in total. The molecule has 0 aromatic heterocycles. The standard InChI is InChI=1S/C34H54O4/c1-21(2)12-11-13-22(3)25-14-16-28-32(25,8)20-30(38-24(5)36)34(10)27-15-17-29(37-23(4)35)31(6,7)26(27)18-19-33(28,34)9/h16,18,21-22,25,27,29-30H,11-15,17,19-20H2,1-10H3/t22-,25-,27-,29+,30+,32-,33-,34-/m1/s1. The van der Waals surface area contributed by atoms with Gasteiger partial charge in [-0.05, 0) is 61.2 Å². The van der Waals surface area contributed by atoms with E-state index < -0.39 is 0 Å². The third-order valence-electron chi connectivity index (χ3n) is 11.9. The first kappa shape index (κ1) is 29.4. The van der Waals surface area contributed by atoms with E-state index in [1.54, 1.807) is 12.5 Å². The third-order valence-corrected chi connectivity index (χ3v) is 11.9. The van der Waals surface area contributed by atoms with Crippen LogP contribution in [0.5, 0.6) is 0 Å².